The fourth-order valence-electron chi connectivity index (χ4n) is 1.61. The molecule has 92 valence electrons. The van der Waals surface area contributed by atoms with Crippen molar-refractivity contribution in [1.82, 2.24) is 0 Å². The van der Waals surface area contributed by atoms with Gasteiger partial charge in [0.05, 0.1) is 6.10 Å². The Hall–Kier alpha value is -1.04. The highest BCUT2D eigenvalue weighted by molar-refractivity contribution is 9.09. The zero-order chi connectivity index (χ0) is 12.8. The molecule has 2 unspecified atom stereocenters. The van der Waals surface area contributed by atoms with Gasteiger partial charge in [-0.05, 0) is 6.42 Å². The topological polar surface area (TPSA) is 74.6 Å². The van der Waals surface area contributed by atoms with E-state index in [9.17, 15) is 19.8 Å². The quantitative estimate of drug-likeness (QED) is 0.616. The van der Waals surface area contributed by atoms with E-state index in [4.69, 9.17) is 0 Å². The van der Waals surface area contributed by atoms with E-state index in [1.54, 1.807) is 6.07 Å². The Kier molecular flexibility index (Phi) is 5.47. The smallest absolute Gasteiger partial charge is 0.150 e. The number of aldehydes is 2. The minimum Gasteiger partial charge on any atom is -0.390 e. The first-order valence-electron chi connectivity index (χ1n) is 5.11. The highest BCUT2D eigenvalue weighted by atomic mass is 79.9. The fraction of sp³-hybridized carbons (Fsp3) is 0.333. The monoisotopic (exact) mass is 300 g/mol. The average molecular weight is 301 g/mol. The Morgan fingerprint density at radius 1 is 1.18 bits per heavy atom. The highest BCUT2D eigenvalue weighted by Gasteiger charge is 2.23. The Bertz CT molecular complexity index is 379. The fourth-order valence-corrected chi connectivity index (χ4v) is 2.08. The number of aliphatic hydroxyl groups is 2. The molecule has 0 amide bonds. The van der Waals surface area contributed by atoms with E-state index in [1.165, 1.54) is 12.1 Å². The number of halogens is 1. The first kappa shape index (κ1) is 14.0. The van der Waals surface area contributed by atoms with Crippen molar-refractivity contribution in [2.24, 2.45) is 0 Å². The predicted molar refractivity (Wildman–Crippen MR) is 66.6 cm³/mol. The Balaban J connectivity index is 3.17. The third kappa shape index (κ3) is 3.21. The molecule has 0 aromatic heterocycles. The molecule has 0 radical (unpaired) electrons. The SMILES string of the molecule is O=Cc1cccc(C=O)c1C(O)C(O)CCBr. The molecule has 0 saturated carbocycles. The van der Waals surface area contributed by atoms with E-state index in [0.29, 0.717) is 24.3 Å². The zero-order valence-electron chi connectivity index (χ0n) is 9.04. The average Bonchev–Trinajstić information content (AvgIpc) is 2.37. The lowest BCUT2D eigenvalue weighted by Crippen LogP contribution is -2.21. The minimum atomic E-state index is -1.24. The summed E-state index contributed by atoms with van der Waals surface area (Å²) in [5, 5.41) is 20.2. The van der Waals surface area contributed by atoms with Crippen LogP contribution in [0.3, 0.4) is 0 Å². The summed E-state index contributed by atoms with van der Waals surface area (Å²) in [6.45, 7) is 0. The van der Waals surface area contributed by atoms with Crippen LogP contribution in [-0.4, -0.2) is 34.2 Å². The molecule has 0 aliphatic heterocycles. The molecule has 1 aromatic rings. The second-order valence-corrected chi connectivity index (χ2v) is 4.37. The van der Waals surface area contributed by atoms with Gasteiger partial charge in [0, 0.05) is 22.0 Å². The summed E-state index contributed by atoms with van der Waals surface area (Å²) in [6, 6.07) is 4.55. The molecule has 2 atom stereocenters. The van der Waals surface area contributed by atoms with Crippen LogP contribution in [-0.2, 0) is 0 Å². The van der Waals surface area contributed by atoms with Gasteiger partial charge in [-0.25, -0.2) is 0 Å². The van der Waals surface area contributed by atoms with Crippen molar-refractivity contribution in [1.29, 1.82) is 0 Å². The van der Waals surface area contributed by atoms with Crippen LogP contribution in [0.15, 0.2) is 18.2 Å². The largest absolute Gasteiger partial charge is 0.390 e. The molecule has 0 aliphatic carbocycles. The number of alkyl halides is 1. The van der Waals surface area contributed by atoms with E-state index in [-0.39, 0.29) is 16.7 Å². The van der Waals surface area contributed by atoms with Crippen molar-refractivity contribution < 1.29 is 19.8 Å². The Morgan fingerprint density at radius 3 is 2.12 bits per heavy atom. The summed E-state index contributed by atoms with van der Waals surface area (Å²) in [4.78, 5) is 21.7. The summed E-state index contributed by atoms with van der Waals surface area (Å²) >= 11 is 3.15. The van der Waals surface area contributed by atoms with Crippen molar-refractivity contribution in [3.63, 3.8) is 0 Å². The lowest BCUT2D eigenvalue weighted by atomic mass is 9.93. The summed E-state index contributed by atoms with van der Waals surface area (Å²) in [7, 11) is 0. The van der Waals surface area contributed by atoms with Crippen LogP contribution in [0.2, 0.25) is 0 Å². The van der Waals surface area contributed by atoms with Gasteiger partial charge in [0.15, 0.2) is 0 Å². The molecule has 2 N–H and O–H groups in total. The number of hydrogen-bond donors (Lipinski definition) is 2. The van der Waals surface area contributed by atoms with Crippen LogP contribution >= 0.6 is 15.9 Å². The van der Waals surface area contributed by atoms with E-state index in [2.05, 4.69) is 15.9 Å². The van der Waals surface area contributed by atoms with E-state index in [1.807, 2.05) is 0 Å². The van der Waals surface area contributed by atoms with Crippen molar-refractivity contribution in [2.45, 2.75) is 18.6 Å². The van der Waals surface area contributed by atoms with Gasteiger partial charge in [0.2, 0.25) is 0 Å². The number of carbonyl (C=O) groups excluding carboxylic acids is 2. The Labute approximate surface area is 107 Å². The van der Waals surface area contributed by atoms with Gasteiger partial charge in [-0.15, -0.1) is 0 Å². The third-order valence-electron chi connectivity index (χ3n) is 2.49. The number of rotatable bonds is 6. The van der Waals surface area contributed by atoms with Gasteiger partial charge in [-0.3, -0.25) is 9.59 Å². The minimum absolute atomic E-state index is 0.186. The van der Waals surface area contributed by atoms with Crippen LogP contribution in [0, 0.1) is 0 Å². The Morgan fingerprint density at radius 2 is 1.71 bits per heavy atom. The van der Waals surface area contributed by atoms with Gasteiger partial charge < -0.3 is 10.2 Å². The lowest BCUT2D eigenvalue weighted by Gasteiger charge is -2.20. The van der Waals surface area contributed by atoms with Gasteiger partial charge in [-0.1, -0.05) is 34.1 Å². The summed E-state index contributed by atoms with van der Waals surface area (Å²) < 4.78 is 0. The van der Waals surface area contributed by atoms with Gasteiger partial charge in [0.25, 0.3) is 0 Å². The maximum absolute atomic E-state index is 10.9. The van der Waals surface area contributed by atoms with Crippen LogP contribution < -0.4 is 0 Å². The number of benzene rings is 1. The number of aliphatic hydroxyl groups excluding tert-OH is 2. The van der Waals surface area contributed by atoms with Crippen LogP contribution in [0.4, 0.5) is 0 Å². The summed E-state index contributed by atoms with van der Waals surface area (Å²) in [5.74, 6) is 0. The molecular weight excluding hydrogens is 288 g/mol. The second-order valence-electron chi connectivity index (χ2n) is 3.58. The maximum atomic E-state index is 10.9. The highest BCUT2D eigenvalue weighted by Crippen LogP contribution is 2.25. The maximum Gasteiger partial charge on any atom is 0.150 e. The van der Waals surface area contributed by atoms with Gasteiger partial charge >= 0.3 is 0 Å². The lowest BCUT2D eigenvalue weighted by molar-refractivity contribution is 0.0167. The second kappa shape index (κ2) is 6.64. The summed E-state index contributed by atoms with van der Waals surface area (Å²) in [6.07, 6.45) is -0.811. The normalized spacial score (nSPS) is 14.1. The molecule has 0 saturated heterocycles. The molecule has 4 nitrogen and oxygen atoms in total. The number of carbonyl (C=O) groups is 2. The van der Waals surface area contributed by atoms with Crippen molar-refractivity contribution in [2.75, 3.05) is 5.33 Å². The standard InChI is InChI=1S/C12H13BrO4/c13-5-4-10(16)12(17)11-8(6-14)2-1-3-9(11)7-15/h1-3,6-7,10,12,16-17H,4-5H2. The van der Waals surface area contributed by atoms with E-state index in [0.717, 1.165) is 0 Å². The van der Waals surface area contributed by atoms with Crippen molar-refractivity contribution >= 4 is 28.5 Å². The van der Waals surface area contributed by atoms with E-state index >= 15 is 0 Å². The number of hydrogen-bond acceptors (Lipinski definition) is 4. The van der Waals surface area contributed by atoms with Crippen LogP contribution in [0.5, 0.6) is 0 Å². The molecule has 0 heterocycles. The molecule has 1 aromatic carbocycles. The van der Waals surface area contributed by atoms with Crippen molar-refractivity contribution in [3.8, 4) is 0 Å². The summed E-state index contributed by atoms with van der Waals surface area (Å²) in [5.41, 5.74) is 0.623. The first-order chi connectivity index (χ1) is 8.15. The molecule has 0 spiro atoms. The molecular formula is C12H13BrO4. The third-order valence-corrected chi connectivity index (χ3v) is 2.95. The molecule has 0 bridgehead atoms. The molecule has 17 heavy (non-hydrogen) atoms. The molecule has 0 aliphatic rings. The van der Waals surface area contributed by atoms with E-state index < -0.39 is 12.2 Å². The zero-order valence-corrected chi connectivity index (χ0v) is 10.6. The van der Waals surface area contributed by atoms with Gasteiger partial charge in [0.1, 0.15) is 18.7 Å². The molecule has 5 heteroatoms. The predicted octanol–water partition coefficient (Wildman–Crippen LogP) is 1.49. The van der Waals surface area contributed by atoms with Crippen molar-refractivity contribution in [3.05, 3.63) is 34.9 Å². The van der Waals surface area contributed by atoms with Crippen LogP contribution in [0.25, 0.3) is 0 Å². The molecule has 1 rings (SSSR count). The molecule has 0 fully saturated rings. The first-order valence-corrected chi connectivity index (χ1v) is 6.23. The van der Waals surface area contributed by atoms with Crippen LogP contribution in [0.1, 0.15) is 38.8 Å². The van der Waals surface area contributed by atoms with Gasteiger partial charge in [-0.2, -0.15) is 0 Å².